The van der Waals surface area contributed by atoms with Gasteiger partial charge in [-0.3, -0.25) is 14.4 Å². The van der Waals surface area contributed by atoms with Gasteiger partial charge in [0.2, 0.25) is 0 Å². The second kappa shape index (κ2) is 9.36. The molecule has 0 saturated carbocycles. The van der Waals surface area contributed by atoms with Crippen molar-refractivity contribution in [2.24, 2.45) is 11.7 Å². The molecule has 1 aliphatic rings. The summed E-state index contributed by atoms with van der Waals surface area (Å²) in [7, 11) is 0. The number of carboxylic acid groups (broad SMARTS) is 1. The Morgan fingerprint density at radius 2 is 1.74 bits per heavy atom. The van der Waals surface area contributed by atoms with E-state index in [1.54, 1.807) is 42.5 Å². The maximum atomic E-state index is 14.7. The second-order valence-electron chi connectivity index (χ2n) is 7.91. The number of fused-ring (bicyclic) bond motifs is 1. The summed E-state index contributed by atoms with van der Waals surface area (Å²) in [5.74, 6) is -3.24. The van der Waals surface area contributed by atoms with E-state index >= 15 is 0 Å². The molecule has 8 heteroatoms. The van der Waals surface area contributed by atoms with Gasteiger partial charge in [-0.25, -0.2) is 4.39 Å². The van der Waals surface area contributed by atoms with Crippen LogP contribution in [0.5, 0.6) is 0 Å². The van der Waals surface area contributed by atoms with Crippen molar-refractivity contribution < 1.29 is 28.6 Å². The van der Waals surface area contributed by atoms with Gasteiger partial charge in [-0.05, 0) is 18.1 Å². The van der Waals surface area contributed by atoms with E-state index in [9.17, 15) is 18.8 Å². The number of Topliss-reactive ketones (excluding diaryl/α,β-unsaturated/α-hetero) is 1. The molecule has 0 fully saturated rings. The second-order valence-corrected chi connectivity index (χ2v) is 7.91. The number of nitrogens with two attached hydrogens (primary N) is 1. The van der Waals surface area contributed by atoms with E-state index in [0.717, 1.165) is 0 Å². The van der Waals surface area contributed by atoms with E-state index in [1.165, 1.54) is 11.0 Å². The Balaban J connectivity index is 2.10. The number of amides is 1. The molecule has 0 spiro atoms. The van der Waals surface area contributed by atoms with Crippen LogP contribution in [0.3, 0.4) is 0 Å². The molecule has 0 saturated heterocycles. The number of carboxylic acids is 1. The summed E-state index contributed by atoms with van der Waals surface area (Å²) < 4.78 is 20.7. The number of para-hydroxylation sites is 1. The summed E-state index contributed by atoms with van der Waals surface area (Å²) in [6, 6.07) is 11.3. The maximum absolute atomic E-state index is 14.7. The Hall–Kier alpha value is -3.10. The van der Waals surface area contributed by atoms with Gasteiger partial charge in [0, 0.05) is 29.8 Å². The first-order valence-corrected chi connectivity index (χ1v) is 10.0. The van der Waals surface area contributed by atoms with Crippen LogP contribution in [0.2, 0.25) is 0 Å². The first kappa shape index (κ1) is 22.6. The van der Waals surface area contributed by atoms with Crippen molar-refractivity contribution in [3.63, 3.8) is 0 Å². The van der Waals surface area contributed by atoms with E-state index < -0.39 is 48.1 Å². The van der Waals surface area contributed by atoms with Gasteiger partial charge in [-0.2, -0.15) is 0 Å². The molecule has 0 bridgehead atoms. The summed E-state index contributed by atoms with van der Waals surface area (Å²) in [4.78, 5) is 38.4. The molecule has 3 N–H and O–H groups in total. The van der Waals surface area contributed by atoms with Crippen molar-refractivity contribution in [1.29, 1.82) is 0 Å². The molecular weight excluding hydrogens is 403 g/mol. The van der Waals surface area contributed by atoms with Crippen LogP contribution >= 0.6 is 0 Å². The molecule has 31 heavy (non-hydrogen) atoms. The maximum Gasteiger partial charge on any atom is 0.328 e. The molecule has 1 amide bonds. The number of ketones is 1. The minimum Gasteiger partial charge on any atom is -0.480 e. The smallest absolute Gasteiger partial charge is 0.328 e. The SMILES string of the molecule is CC(C)CN1C(=O)C(CC(=O)C(N)C(=O)O)OC(c2ccccc2F)c2ccccc21. The zero-order valence-electron chi connectivity index (χ0n) is 17.3. The number of ether oxygens (including phenoxy) is 1. The molecule has 0 radical (unpaired) electrons. The van der Waals surface area contributed by atoms with E-state index in [-0.39, 0.29) is 11.5 Å². The molecule has 2 aromatic carbocycles. The molecule has 1 heterocycles. The summed E-state index contributed by atoms with van der Waals surface area (Å²) in [6.45, 7) is 4.23. The van der Waals surface area contributed by atoms with Gasteiger partial charge in [0.25, 0.3) is 5.91 Å². The van der Waals surface area contributed by atoms with E-state index in [1.807, 2.05) is 13.8 Å². The fraction of sp³-hybridized carbons (Fsp3) is 0.348. The lowest BCUT2D eigenvalue weighted by Crippen LogP contribution is -2.46. The molecule has 3 rings (SSSR count). The first-order valence-electron chi connectivity index (χ1n) is 10.0. The summed E-state index contributed by atoms with van der Waals surface area (Å²) in [5.41, 5.74) is 6.80. The van der Waals surface area contributed by atoms with E-state index in [2.05, 4.69) is 0 Å². The number of hydrogen-bond donors (Lipinski definition) is 2. The van der Waals surface area contributed by atoms with Crippen LogP contribution in [0.4, 0.5) is 10.1 Å². The van der Waals surface area contributed by atoms with Crippen LogP contribution in [-0.2, 0) is 19.1 Å². The van der Waals surface area contributed by atoms with Gasteiger partial charge in [0.1, 0.15) is 18.0 Å². The first-order chi connectivity index (χ1) is 14.7. The number of halogens is 1. The Kier molecular flexibility index (Phi) is 6.82. The van der Waals surface area contributed by atoms with Gasteiger partial charge in [-0.15, -0.1) is 0 Å². The monoisotopic (exact) mass is 428 g/mol. The number of nitrogens with zero attached hydrogens (tertiary/aromatic N) is 1. The number of benzene rings is 2. The quantitative estimate of drug-likeness (QED) is 0.656. The van der Waals surface area contributed by atoms with Crippen molar-refractivity contribution in [3.8, 4) is 0 Å². The highest BCUT2D eigenvalue weighted by molar-refractivity contribution is 6.06. The van der Waals surface area contributed by atoms with Crippen molar-refractivity contribution in [2.75, 3.05) is 11.4 Å². The number of carbonyl (C=O) groups is 3. The average molecular weight is 428 g/mol. The summed E-state index contributed by atoms with van der Waals surface area (Å²) in [5, 5.41) is 9.05. The molecule has 2 aromatic rings. The molecule has 0 aliphatic carbocycles. The normalized spacial score (nSPS) is 19.6. The highest BCUT2D eigenvalue weighted by Crippen LogP contribution is 2.39. The summed E-state index contributed by atoms with van der Waals surface area (Å²) >= 11 is 0. The Labute approximate surface area is 179 Å². The standard InChI is InChI=1S/C23H25FN2O5/c1-13(2)12-26-17-10-6-4-8-15(17)21(14-7-3-5-9-16(14)24)31-19(22(26)28)11-18(27)20(25)23(29)30/h3-10,13,19-21H,11-12,25H2,1-2H3,(H,29,30). The van der Waals surface area contributed by atoms with E-state index in [0.29, 0.717) is 17.8 Å². The molecule has 7 nitrogen and oxygen atoms in total. The average Bonchev–Trinajstić information content (AvgIpc) is 2.84. The molecule has 3 unspecified atom stereocenters. The van der Waals surface area contributed by atoms with Gasteiger partial charge >= 0.3 is 5.97 Å². The predicted octanol–water partition coefficient (Wildman–Crippen LogP) is 2.67. The fourth-order valence-corrected chi connectivity index (χ4v) is 3.61. The third-order valence-electron chi connectivity index (χ3n) is 5.09. The largest absolute Gasteiger partial charge is 0.480 e. The number of aliphatic carboxylic acids is 1. The fourth-order valence-electron chi connectivity index (χ4n) is 3.61. The Bertz CT molecular complexity index is 993. The van der Waals surface area contributed by atoms with Gasteiger partial charge in [0.15, 0.2) is 11.8 Å². The van der Waals surface area contributed by atoms with Gasteiger partial charge in [0.05, 0.1) is 0 Å². The predicted molar refractivity (Wildman–Crippen MR) is 112 cm³/mol. The lowest BCUT2D eigenvalue weighted by Gasteiger charge is -2.26. The summed E-state index contributed by atoms with van der Waals surface area (Å²) in [6.07, 6.45) is -2.80. The van der Waals surface area contributed by atoms with E-state index in [4.69, 9.17) is 15.6 Å². The minimum atomic E-state index is -1.77. The third kappa shape index (κ3) is 4.81. The van der Waals surface area contributed by atoms with Crippen molar-refractivity contribution in [3.05, 3.63) is 65.5 Å². The number of rotatable bonds is 7. The van der Waals surface area contributed by atoms with Crippen LogP contribution in [0.25, 0.3) is 0 Å². The molecule has 1 aliphatic heterocycles. The van der Waals surface area contributed by atoms with Crippen LogP contribution in [0.1, 0.15) is 37.5 Å². The highest BCUT2D eigenvalue weighted by atomic mass is 19.1. The van der Waals surface area contributed by atoms with Gasteiger partial charge in [-0.1, -0.05) is 50.2 Å². The zero-order chi connectivity index (χ0) is 22.7. The minimum absolute atomic E-state index is 0.0969. The lowest BCUT2D eigenvalue weighted by molar-refractivity contribution is -0.145. The number of carbonyl (C=O) groups excluding carboxylic acids is 2. The lowest BCUT2D eigenvalue weighted by atomic mass is 9.98. The third-order valence-corrected chi connectivity index (χ3v) is 5.09. The highest BCUT2D eigenvalue weighted by Gasteiger charge is 2.39. The van der Waals surface area contributed by atoms with Crippen molar-refractivity contribution in [2.45, 2.75) is 38.5 Å². The van der Waals surface area contributed by atoms with Crippen molar-refractivity contribution in [1.82, 2.24) is 0 Å². The van der Waals surface area contributed by atoms with Crippen molar-refractivity contribution >= 4 is 23.3 Å². The molecular formula is C23H25FN2O5. The van der Waals surface area contributed by atoms with Crippen LogP contribution in [0.15, 0.2) is 48.5 Å². The molecule has 3 atom stereocenters. The Morgan fingerprint density at radius 1 is 1.13 bits per heavy atom. The van der Waals surface area contributed by atoms with Crippen LogP contribution in [-0.4, -0.2) is 41.5 Å². The molecule has 164 valence electrons. The van der Waals surface area contributed by atoms with Crippen LogP contribution in [0, 0.1) is 11.7 Å². The van der Waals surface area contributed by atoms with Crippen LogP contribution < -0.4 is 10.6 Å². The Morgan fingerprint density at radius 3 is 2.35 bits per heavy atom. The zero-order valence-corrected chi connectivity index (χ0v) is 17.3. The number of hydrogen-bond acceptors (Lipinski definition) is 5. The molecule has 0 aromatic heterocycles. The number of anilines is 1. The topological polar surface area (TPSA) is 110 Å². The van der Waals surface area contributed by atoms with Gasteiger partial charge < -0.3 is 20.5 Å².